The highest BCUT2D eigenvalue weighted by Gasteiger charge is 2.00. The lowest BCUT2D eigenvalue weighted by Gasteiger charge is -2.04. The largest absolute Gasteiger partial charge is 0.484 e. The van der Waals surface area contributed by atoms with Gasteiger partial charge < -0.3 is 4.74 Å². The van der Waals surface area contributed by atoms with E-state index in [9.17, 15) is 9.59 Å². The second kappa shape index (κ2) is 5.29. The first-order chi connectivity index (χ1) is 6.76. The van der Waals surface area contributed by atoms with Crippen LogP contribution in [-0.4, -0.2) is 18.8 Å². The van der Waals surface area contributed by atoms with Crippen molar-refractivity contribution in [3.8, 4) is 5.75 Å². The summed E-state index contributed by atoms with van der Waals surface area (Å²) >= 11 is 3.56. The zero-order valence-electron chi connectivity index (χ0n) is 7.27. The summed E-state index contributed by atoms with van der Waals surface area (Å²) < 4.78 is 7.21. The third-order valence-corrected chi connectivity index (χ3v) is 1.74. The molecule has 0 aliphatic carbocycles. The minimum atomic E-state index is -0.343. The zero-order valence-corrected chi connectivity index (χ0v) is 8.16. The van der Waals surface area contributed by atoms with Gasteiger partial charge in [-0.3, -0.25) is 14.3 Å². The quantitative estimate of drug-likeness (QED) is 0.573. The summed E-state index contributed by atoms with van der Waals surface area (Å²) in [5.74, 6) is 0.136. The van der Waals surface area contributed by atoms with E-state index in [0.29, 0.717) is 17.6 Å². The highest BCUT2D eigenvalue weighted by Crippen LogP contribution is 2.11. The average molecular weight is 211 g/mol. The van der Waals surface area contributed by atoms with Crippen LogP contribution >= 0.6 is 12.8 Å². The van der Waals surface area contributed by atoms with Crippen molar-refractivity contribution in [3.05, 3.63) is 29.8 Å². The number of carbonyl (C=O) groups excluding carboxylic acids is 2. The molecule has 0 aliphatic rings. The van der Waals surface area contributed by atoms with Crippen molar-refractivity contribution in [3.63, 3.8) is 0 Å². The lowest BCUT2D eigenvalue weighted by molar-refractivity contribution is -0.121. The van der Waals surface area contributed by atoms with Crippen LogP contribution in [0.3, 0.4) is 0 Å². The van der Waals surface area contributed by atoms with Crippen LogP contribution in [-0.2, 0) is 4.79 Å². The maximum Gasteiger partial charge on any atom is 0.267 e. The molecule has 4 nitrogen and oxygen atoms in total. The molecule has 0 aromatic heterocycles. The molecule has 1 amide bonds. The molecule has 5 heteroatoms. The van der Waals surface area contributed by atoms with E-state index in [1.54, 1.807) is 24.3 Å². The fourth-order valence-corrected chi connectivity index (χ4v) is 0.923. The van der Waals surface area contributed by atoms with Gasteiger partial charge >= 0.3 is 0 Å². The van der Waals surface area contributed by atoms with Gasteiger partial charge in [-0.1, -0.05) is 24.9 Å². The van der Waals surface area contributed by atoms with Crippen molar-refractivity contribution in [2.24, 2.45) is 0 Å². The van der Waals surface area contributed by atoms with E-state index in [1.807, 2.05) is 0 Å². The predicted octanol–water partition coefficient (Wildman–Crippen LogP) is 0.839. The molecule has 14 heavy (non-hydrogen) atoms. The molecule has 0 saturated heterocycles. The number of hydrogen-bond donors (Lipinski definition) is 2. The average Bonchev–Trinajstić information content (AvgIpc) is 2.26. The Kier molecular flexibility index (Phi) is 4.00. The van der Waals surface area contributed by atoms with Crippen LogP contribution in [0.1, 0.15) is 10.4 Å². The molecule has 0 unspecified atom stereocenters. The Morgan fingerprint density at radius 1 is 1.57 bits per heavy atom. The molecular formula is C9H9NO3S. The number of ether oxygens (including phenoxy) is 1. The zero-order chi connectivity index (χ0) is 10.4. The fourth-order valence-electron chi connectivity index (χ4n) is 0.859. The molecule has 0 saturated carbocycles. The molecule has 0 radical (unpaired) electrons. The topological polar surface area (TPSA) is 55.4 Å². The van der Waals surface area contributed by atoms with Gasteiger partial charge in [0.1, 0.15) is 12.0 Å². The van der Waals surface area contributed by atoms with Crippen molar-refractivity contribution in [2.45, 2.75) is 0 Å². The maximum atomic E-state index is 10.8. The molecule has 0 aliphatic heterocycles. The molecule has 0 bridgehead atoms. The van der Waals surface area contributed by atoms with Gasteiger partial charge in [-0.15, -0.1) is 0 Å². The molecule has 1 N–H and O–H groups in total. The van der Waals surface area contributed by atoms with Gasteiger partial charge in [0, 0.05) is 5.56 Å². The minimum absolute atomic E-state index is 0.119. The number of carbonyl (C=O) groups is 2. The monoisotopic (exact) mass is 211 g/mol. The Morgan fingerprint density at radius 2 is 2.36 bits per heavy atom. The Bertz CT molecular complexity index is 341. The van der Waals surface area contributed by atoms with E-state index in [2.05, 4.69) is 17.5 Å². The maximum absolute atomic E-state index is 10.8. The molecular weight excluding hydrogens is 202 g/mol. The number of rotatable bonds is 4. The van der Waals surface area contributed by atoms with E-state index >= 15 is 0 Å². The van der Waals surface area contributed by atoms with E-state index in [-0.39, 0.29) is 12.5 Å². The summed E-state index contributed by atoms with van der Waals surface area (Å²) in [6.07, 6.45) is 0.714. The van der Waals surface area contributed by atoms with Crippen LogP contribution in [0.4, 0.5) is 0 Å². The van der Waals surface area contributed by atoms with Crippen LogP contribution < -0.4 is 9.46 Å². The highest BCUT2D eigenvalue weighted by atomic mass is 32.1. The minimum Gasteiger partial charge on any atom is -0.484 e. The first kappa shape index (κ1) is 10.6. The summed E-state index contributed by atoms with van der Waals surface area (Å²) in [5, 5.41) is 0. The molecule has 74 valence electrons. The lowest BCUT2D eigenvalue weighted by Crippen LogP contribution is -2.20. The fraction of sp³-hybridized carbons (Fsp3) is 0.111. The lowest BCUT2D eigenvalue weighted by atomic mass is 10.2. The number of thiol groups is 1. The van der Waals surface area contributed by atoms with Crippen LogP contribution in [0.5, 0.6) is 5.75 Å². The van der Waals surface area contributed by atoms with Crippen LogP contribution in [0.2, 0.25) is 0 Å². The summed E-state index contributed by atoms with van der Waals surface area (Å²) in [7, 11) is 0. The summed E-state index contributed by atoms with van der Waals surface area (Å²) in [6.45, 7) is -0.119. The number of nitrogens with one attached hydrogen (secondary N) is 1. The van der Waals surface area contributed by atoms with E-state index < -0.39 is 0 Å². The van der Waals surface area contributed by atoms with Crippen molar-refractivity contribution in [1.82, 2.24) is 4.72 Å². The molecule has 0 spiro atoms. The van der Waals surface area contributed by atoms with Gasteiger partial charge in [-0.25, -0.2) is 0 Å². The number of hydrogen-bond acceptors (Lipinski definition) is 4. The predicted molar refractivity (Wildman–Crippen MR) is 54.5 cm³/mol. The third-order valence-electron chi connectivity index (χ3n) is 1.49. The van der Waals surface area contributed by atoms with E-state index in [0.717, 1.165) is 0 Å². The third kappa shape index (κ3) is 3.10. The Morgan fingerprint density at radius 3 is 3.00 bits per heavy atom. The van der Waals surface area contributed by atoms with Crippen molar-refractivity contribution in [1.29, 1.82) is 0 Å². The Labute approximate surface area is 86.8 Å². The smallest absolute Gasteiger partial charge is 0.267 e. The van der Waals surface area contributed by atoms with Gasteiger partial charge in [0.05, 0.1) is 0 Å². The Hall–Kier alpha value is -1.49. The van der Waals surface area contributed by atoms with Crippen molar-refractivity contribution < 1.29 is 14.3 Å². The van der Waals surface area contributed by atoms with E-state index in [1.165, 1.54) is 0 Å². The van der Waals surface area contributed by atoms with Crippen LogP contribution in [0, 0.1) is 0 Å². The number of amides is 1. The second-order valence-corrected chi connectivity index (χ2v) is 2.74. The van der Waals surface area contributed by atoms with Crippen LogP contribution in [0.25, 0.3) is 0 Å². The van der Waals surface area contributed by atoms with Gasteiger partial charge in [0.2, 0.25) is 0 Å². The number of benzene rings is 1. The Balaban J connectivity index is 2.58. The normalized spacial score (nSPS) is 9.21. The molecule has 1 aromatic carbocycles. The van der Waals surface area contributed by atoms with Gasteiger partial charge in [0.25, 0.3) is 5.91 Å². The first-order valence-electron chi connectivity index (χ1n) is 3.87. The van der Waals surface area contributed by atoms with Crippen molar-refractivity contribution >= 4 is 25.0 Å². The van der Waals surface area contributed by atoms with Crippen molar-refractivity contribution in [2.75, 3.05) is 6.61 Å². The molecule has 0 atom stereocenters. The molecule has 1 aromatic rings. The van der Waals surface area contributed by atoms with Gasteiger partial charge in [0.15, 0.2) is 6.61 Å². The van der Waals surface area contributed by atoms with E-state index in [4.69, 9.17) is 4.74 Å². The van der Waals surface area contributed by atoms with Gasteiger partial charge in [-0.2, -0.15) is 0 Å². The standard InChI is InChI=1S/C9H9NO3S/c11-5-7-2-1-3-8(4-7)13-6-9(12)10-14/h1-5,14H,6H2,(H,10,12). The summed E-state index contributed by atoms with van der Waals surface area (Å²) in [5.41, 5.74) is 0.508. The summed E-state index contributed by atoms with van der Waals surface area (Å²) in [6, 6.07) is 6.55. The molecule has 0 heterocycles. The van der Waals surface area contributed by atoms with Gasteiger partial charge in [-0.05, 0) is 12.1 Å². The second-order valence-electron chi connectivity index (χ2n) is 2.51. The number of aldehydes is 1. The summed E-state index contributed by atoms with van der Waals surface area (Å²) in [4.78, 5) is 21.2. The van der Waals surface area contributed by atoms with Crippen LogP contribution in [0.15, 0.2) is 24.3 Å². The first-order valence-corrected chi connectivity index (χ1v) is 4.32. The highest BCUT2D eigenvalue weighted by molar-refractivity contribution is 7.78. The molecule has 1 rings (SSSR count). The molecule has 0 fully saturated rings. The SMILES string of the molecule is O=Cc1cccc(OCC(=O)NS)c1.